The summed E-state index contributed by atoms with van der Waals surface area (Å²) in [6.45, 7) is 0. The number of aromatic nitrogens is 4. The van der Waals surface area contributed by atoms with Crippen molar-refractivity contribution in [2.75, 3.05) is 0 Å². The third kappa shape index (κ3) is 6.74. The van der Waals surface area contributed by atoms with E-state index in [1.54, 1.807) is 0 Å². The van der Waals surface area contributed by atoms with Crippen molar-refractivity contribution in [3.8, 4) is 89.8 Å². The van der Waals surface area contributed by atoms with Crippen LogP contribution in [0.15, 0.2) is 239 Å². The van der Waals surface area contributed by atoms with Gasteiger partial charge in [0.05, 0.1) is 0 Å². The van der Waals surface area contributed by atoms with Gasteiger partial charge in [0, 0.05) is 33.0 Å². The minimum absolute atomic E-state index is 0.619. The standard InChI is InChI=1S/C62H38N4O2/c1-3-19-39(20-4-1)41-23-17-25-43(37-41)61-63-55(59-57(65-61)51-33-13-15-35-53(51)67-59)49-31-11-9-29-47(49)45-27-7-8-28-46(45)48-30-10-12-32-50(48)56-60-58(52-34-14-16-36-54(52)68-60)66-62(64-56)44-26-18-24-42(38-44)40-21-5-2-6-22-40/h1-38H. The molecule has 0 amide bonds. The van der Waals surface area contributed by atoms with Crippen molar-refractivity contribution < 1.29 is 8.83 Å². The summed E-state index contributed by atoms with van der Waals surface area (Å²) in [5.74, 6) is 1.24. The van der Waals surface area contributed by atoms with Crippen molar-refractivity contribution in [2.24, 2.45) is 0 Å². The predicted octanol–water partition coefficient (Wildman–Crippen LogP) is 16.4. The predicted molar refractivity (Wildman–Crippen MR) is 276 cm³/mol. The van der Waals surface area contributed by atoms with Gasteiger partial charge in [0.25, 0.3) is 0 Å². The van der Waals surface area contributed by atoms with Gasteiger partial charge in [-0.25, -0.2) is 19.9 Å². The quantitative estimate of drug-likeness (QED) is 0.151. The number of hydrogen-bond donors (Lipinski definition) is 0. The monoisotopic (exact) mass is 870 g/mol. The lowest BCUT2D eigenvalue weighted by atomic mass is 9.88. The number of para-hydroxylation sites is 2. The summed E-state index contributed by atoms with van der Waals surface area (Å²) in [5.41, 5.74) is 17.9. The molecule has 6 heteroatoms. The van der Waals surface area contributed by atoms with E-state index >= 15 is 0 Å². The summed E-state index contributed by atoms with van der Waals surface area (Å²) in [4.78, 5) is 21.3. The van der Waals surface area contributed by atoms with Crippen molar-refractivity contribution in [1.29, 1.82) is 0 Å². The average Bonchev–Trinajstić information content (AvgIpc) is 4.00. The minimum atomic E-state index is 0.619. The normalized spacial score (nSPS) is 11.5. The number of fused-ring (bicyclic) bond motifs is 6. The number of hydrogen-bond acceptors (Lipinski definition) is 6. The first-order valence-corrected chi connectivity index (χ1v) is 22.7. The second kappa shape index (κ2) is 16.3. The van der Waals surface area contributed by atoms with Crippen LogP contribution in [0.4, 0.5) is 0 Å². The molecule has 0 fully saturated rings. The van der Waals surface area contributed by atoms with Gasteiger partial charge < -0.3 is 8.83 Å². The first-order chi connectivity index (χ1) is 33.7. The van der Waals surface area contributed by atoms with Gasteiger partial charge in [-0.05, 0) is 80.9 Å². The number of nitrogens with zero attached hydrogens (tertiary/aromatic N) is 4. The molecule has 6 nitrogen and oxygen atoms in total. The fourth-order valence-electron chi connectivity index (χ4n) is 9.54. The molecule has 0 aliphatic heterocycles. The van der Waals surface area contributed by atoms with Crippen LogP contribution in [0.3, 0.4) is 0 Å². The van der Waals surface area contributed by atoms with Crippen LogP contribution >= 0.6 is 0 Å². The molecule has 0 N–H and O–H groups in total. The van der Waals surface area contributed by atoms with E-state index in [2.05, 4.69) is 182 Å². The Morgan fingerprint density at radius 3 is 1.00 bits per heavy atom. The van der Waals surface area contributed by atoms with Crippen molar-refractivity contribution in [1.82, 2.24) is 19.9 Å². The van der Waals surface area contributed by atoms with E-state index < -0.39 is 0 Å². The van der Waals surface area contributed by atoms with Gasteiger partial charge in [-0.1, -0.05) is 194 Å². The Morgan fingerprint density at radius 2 is 0.574 bits per heavy atom. The van der Waals surface area contributed by atoms with E-state index in [1.165, 1.54) is 0 Å². The van der Waals surface area contributed by atoms with E-state index in [9.17, 15) is 0 Å². The SMILES string of the molecule is c1ccc(-c2cccc(-c3nc(-c4ccccc4-c4ccccc4-c4ccccc4-c4nc(-c5cccc(-c6ccccc6)c5)nc5c4oc4ccccc45)c4oc5ccccc5c4n3)c2)cc1. The lowest BCUT2D eigenvalue weighted by Gasteiger charge is -2.17. The number of furan rings is 2. The zero-order chi connectivity index (χ0) is 45.0. The number of rotatable bonds is 8. The Labute approximate surface area is 391 Å². The molecule has 0 aliphatic rings. The van der Waals surface area contributed by atoms with Gasteiger partial charge in [0.2, 0.25) is 0 Å². The molecule has 13 rings (SSSR count). The van der Waals surface area contributed by atoms with E-state index in [0.29, 0.717) is 34.2 Å². The molecule has 9 aromatic carbocycles. The van der Waals surface area contributed by atoms with Crippen LogP contribution in [0.5, 0.6) is 0 Å². The summed E-state index contributed by atoms with van der Waals surface area (Å²) in [5, 5.41) is 1.87. The van der Waals surface area contributed by atoms with E-state index in [0.717, 1.165) is 99.7 Å². The summed E-state index contributed by atoms with van der Waals surface area (Å²) in [6, 6.07) is 79.3. The van der Waals surface area contributed by atoms with Gasteiger partial charge in [0.15, 0.2) is 22.8 Å². The molecule has 4 heterocycles. The number of benzene rings is 9. The summed E-state index contributed by atoms with van der Waals surface area (Å²) < 4.78 is 13.4. The third-order valence-electron chi connectivity index (χ3n) is 12.8. The molecule has 0 saturated carbocycles. The Kier molecular flexibility index (Phi) is 9.39. The zero-order valence-corrected chi connectivity index (χ0v) is 36.5. The highest BCUT2D eigenvalue weighted by Crippen LogP contribution is 2.45. The molecule has 318 valence electrons. The summed E-state index contributed by atoms with van der Waals surface area (Å²) in [6.07, 6.45) is 0. The van der Waals surface area contributed by atoms with E-state index in [4.69, 9.17) is 28.8 Å². The van der Waals surface area contributed by atoms with Crippen LogP contribution in [0.2, 0.25) is 0 Å². The largest absolute Gasteiger partial charge is 0.452 e. The van der Waals surface area contributed by atoms with Gasteiger partial charge >= 0.3 is 0 Å². The molecule has 0 spiro atoms. The third-order valence-corrected chi connectivity index (χ3v) is 12.8. The maximum absolute atomic E-state index is 6.70. The molecule has 4 aromatic heterocycles. The second-order valence-electron chi connectivity index (χ2n) is 16.9. The zero-order valence-electron chi connectivity index (χ0n) is 36.5. The first kappa shape index (κ1) is 39.1. The van der Waals surface area contributed by atoms with E-state index in [1.807, 2.05) is 48.5 Å². The van der Waals surface area contributed by atoms with Gasteiger partial charge in [-0.15, -0.1) is 0 Å². The highest BCUT2D eigenvalue weighted by Gasteiger charge is 2.25. The molecule has 13 aromatic rings. The minimum Gasteiger partial charge on any atom is -0.452 e. The molecule has 0 bridgehead atoms. The Hall–Kier alpha value is -9.26. The van der Waals surface area contributed by atoms with Crippen LogP contribution in [0.25, 0.3) is 134 Å². The topological polar surface area (TPSA) is 77.8 Å². The Morgan fingerprint density at radius 1 is 0.250 bits per heavy atom. The second-order valence-corrected chi connectivity index (χ2v) is 16.9. The molecule has 0 aliphatic carbocycles. The first-order valence-electron chi connectivity index (χ1n) is 22.7. The lowest BCUT2D eigenvalue weighted by Crippen LogP contribution is -1.97. The van der Waals surface area contributed by atoms with Crippen molar-refractivity contribution in [3.63, 3.8) is 0 Å². The molecule has 0 atom stereocenters. The Balaban J connectivity index is 1.00. The summed E-state index contributed by atoms with van der Waals surface area (Å²) >= 11 is 0. The molecular weight excluding hydrogens is 833 g/mol. The fraction of sp³-hybridized carbons (Fsp3) is 0. The molecule has 0 radical (unpaired) electrons. The molecule has 0 unspecified atom stereocenters. The molecular formula is C62H38N4O2. The van der Waals surface area contributed by atoms with Crippen LogP contribution in [0.1, 0.15) is 0 Å². The van der Waals surface area contributed by atoms with Crippen LogP contribution in [-0.4, -0.2) is 19.9 Å². The van der Waals surface area contributed by atoms with E-state index in [-0.39, 0.29) is 0 Å². The fourth-order valence-corrected chi connectivity index (χ4v) is 9.54. The van der Waals surface area contributed by atoms with Gasteiger partial charge in [-0.3, -0.25) is 0 Å². The molecule has 0 saturated heterocycles. The maximum atomic E-state index is 6.70. The van der Waals surface area contributed by atoms with Gasteiger partial charge in [0.1, 0.15) is 33.6 Å². The highest BCUT2D eigenvalue weighted by atomic mass is 16.3. The highest BCUT2D eigenvalue weighted by molar-refractivity contribution is 6.10. The van der Waals surface area contributed by atoms with Crippen LogP contribution in [0, 0.1) is 0 Å². The lowest BCUT2D eigenvalue weighted by molar-refractivity contribution is 0.667. The summed E-state index contributed by atoms with van der Waals surface area (Å²) in [7, 11) is 0. The molecule has 68 heavy (non-hydrogen) atoms. The smallest absolute Gasteiger partial charge is 0.180 e. The van der Waals surface area contributed by atoms with Crippen LogP contribution < -0.4 is 0 Å². The van der Waals surface area contributed by atoms with Gasteiger partial charge in [-0.2, -0.15) is 0 Å². The maximum Gasteiger partial charge on any atom is 0.180 e. The van der Waals surface area contributed by atoms with Crippen molar-refractivity contribution >= 4 is 44.1 Å². The Bertz CT molecular complexity index is 3780. The van der Waals surface area contributed by atoms with Crippen molar-refractivity contribution in [3.05, 3.63) is 231 Å². The van der Waals surface area contributed by atoms with Crippen molar-refractivity contribution in [2.45, 2.75) is 0 Å². The van der Waals surface area contributed by atoms with Crippen LogP contribution in [-0.2, 0) is 0 Å². The average molecular weight is 871 g/mol.